The van der Waals surface area contributed by atoms with Crippen LogP contribution >= 0.6 is 0 Å². The van der Waals surface area contributed by atoms with Gasteiger partial charge in [0.05, 0.1) is 14.2 Å². The third-order valence-corrected chi connectivity index (χ3v) is 5.80. The summed E-state index contributed by atoms with van der Waals surface area (Å²) in [6.45, 7) is 2.75. The van der Waals surface area contributed by atoms with Crippen molar-refractivity contribution in [2.75, 3.05) is 26.1 Å². The Morgan fingerprint density at radius 3 is 2.53 bits per heavy atom. The van der Waals surface area contributed by atoms with Gasteiger partial charge >= 0.3 is 0 Å². The van der Waals surface area contributed by atoms with Gasteiger partial charge in [0, 0.05) is 29.9 Å². The molecule has 3 aromatic carbocycles. The monoisotopic (exact) mass is 460 g/mol. The van der Waals surface area contributed by atoms with Gasteiger partial charge < -0.3 is 24.4 Å². The maximum atomic E-state index is 12.9. The van der Waals surface area contributed by atoms with E-state index >= 15 is 0 Å². The molecule has 0 aliphatic carbocycles. The van der Waals surface area contributed by atoms with E-state index in [0.29, 0.717) is 41.6 Å². The van der Waals surface area contributed by atoms with E-state index in [2.05, 4.69) is 17.4 Å². The maximum Gasteiger partial charge on any atom is 0.263 e. The summed E-state index contributed by atoms with van der Waals surface area (Å²) in [5, 5.41) is 2.92. The van der Waals surface area contributed by atoms with Crippen molar-refractivity contribution in [3.8, 4) is 17.2 Å². The first-order valence-electron chi connectivity index (χ1n) is 11.1. The summed E-state index contributed by atoms with van der Waals surface area (Å²) < 4.78 is 16.4. The number of ether oxygens (including phenoxy) is 3. The van der Waals surface area contributed by atoms with E-state index in [0.717, 1.165) is 12.0 Å². The fraction of sp³-hybridized carbons (Fsp3) is 0.259. The number of nitrogens with one attached hydrogen (secondary N) is 1. The zero-order valence-electron chi connectivity index (χ0n) is 19.5. The molecule has 7 nitrogen and oxygen atoms in total. The van der Waals surface area contributed by atoms with E-state index in [1.54, 1.807) is 44.4 Å². The highest BCUT2D eigenvalue weighted by atomic mass is 16.5. The highest BCUT2D eigenvalue weighted by Gasteiger charge is 2.28. The molecule has 1 aliphatic rings. The number of rotatable bonds is 7. The molecule has 0 spiro atoms. The number of benzene rings is 3. The summed E-state index contributed by atoms with van der Waals surface area (Å²) in [6, 6.07) is 20.5. The summed E-state index contributed by atoms with van der Waals surface area (Å²) in [5.41, 5.74) is 3.07. The van der Waals surface area contributed by atoms with Crippen molar-refractivity contribution in [1.29, 1.82) is 0 Å². The SMILES string of the molecule is COc1ccc(C(=O)Nc2ccc3c(c2)CN(CCc2ccccc2)C(=O)[C@@H](C)O3)cc1OC. The van der Waals surface area contributed by atoms with Gasteiger partial charge in [0.25, 0.3) is 11.8 Å². The fourth-order valence-electron chi connectivity index (χ4n) is 3.96. The number of nitrogens with zero attached hydrogens (tertiary/aromatic N) is 1. The number of carbonyl (C=O) groups excluding carboxylic acids is 2. The lowest BCUT2D eigenvalue weighted by Crippen LogP contribution is -2.39. The highest BCUT2D eigenvalue weighted by molar-refractivity contribution is 6.04. The number of methoxy groups -OCH3 is 2. The minimum Gasteiger partial charge on any atom is -0.493 e. The fourth-order valence-corrected chi connectivity index (χ4v) is 3.96. The lowest BCUT2D eigenvalue weighted by Gasteiger charge is -2.22. The van der Waals surface area contributed by atoms with E-state index in [4.69, 9.17) is 14.2 Å². The molecule has 176 valence electrons. The molecular formula is C27H28N2O5. The standard InChI is InChI=1S/C27H28N2O5/c1-18-27(31)29(14-13-19-7-5-4-6-8-19)17-21-15-22(10-12-23(21)34-18)28-26(30)20-9-11-24(32-2)25(16-20)33-3/h4-12,15-16,18H,13-14,17H2,1-3H3,(H,28,30)/t18-/m1/s1. The molecule has 0 radical (unpaired) electrons. The molecule has 2 amide bonds. The quantitative estimate of drug-likeness (QED) is 0.569. The molecule has 0 bridgehead atoms. The summed E-state index contributed by atoms with van der Waals surface area (Å²) in [6.07, 6.45) is 0.175. The first-order chi connectivity index (χ1) is 16.5. The van der Waals surface area contributed by atoms with E-state index in [-0.39, 0.29) is 11.8 Å². The Bertz CT molecular complexity index is 1180. The topological polar surface area (TPSA) is 77.1 Å². The second-order valence-corrected chi connectivity index (χ2v) is 8.10. The molecule has 7 heteroatoms. The number of hydrogen-bond acceptors (Lipinski definition) is 5. The van der Waals surface area contributed by atoms with Crippen LogP contribution in [-0.4, -0.2) is 43.6 Å². The Balaban J connectivity index is 1.51. The number of carbonyl (C=O) groups is 2. The molecule has 34 heavy (non-hydrogen) atoms. The maximum absolute atomic E-state index is 12.9. The van der Waals surface area contributed by atoms with Crippen LogP contribution in [0.15, 0.2) is 66.7 Å². The van der Waals surface area contributed by atoms with Crippen molar-refractivity contribution in [2.24, 2.45) is 0 Å². The Morgan fingerprint density at radius 1 is 1.03 bits per heavy atom. The normalized spacial score (nSPS) is 15.1. The van der Waals surface area contributed by atoms with Crippen molar-refractivity contribution in [3.63, 3.8) is 0 Å². The van der Waals surface area contributed by atoms with Crippen LogP contribution in [0.2, 0.25) is 0 Å². The molecular weight excluding hydrogens is 432 g/mol. The van der Waals surface area contributed by atoms with Crippen molar-refractivity contribution in [3.05, 3.63) is 83.4 Å². The van der Waals surface area contributed by atoms with Crippen molar-refractivity contribution >= 4 is 17.5 Å². The predicted octanol–water partition coefficient (Wildman–Crippen LogP) is 4.31. The van der Waals surface area contributed by atoms with Crippen LogP contribution < -0.4 is 19.5 Å². The molecule has 1 aliphatic heterocycles. The summed E-state index contributed by atoms with van der Waals surface area (Å²) in [7, 11) is 3.07. The van der Waals surface area contributed by atoms with Gasteiger partial charge in [0.2, 0.25) is 0 Å². The largest absolute Gasteiger partial charge is 0.493 e. The molecule has 1 heterocycles. The molecule has 0 saturated carbocycles. The molecule has 0 fully saturated rings. The smallest absolute Gasteiger partial charge is 0.263 e. The zero-order valence-corrected chi connectivity index (χ0v) is 19.5. The predicted molar refractivity (Wildman–Crippen MR) is 130 cm³/mol. The summed E-state index contributed by atoms with van der Waals surface area (Å²) in [4.78, 5) is 27.6. The molecule has 1 N–H and O–H groups in total. The van der Waals surface area contributed by atoms with E-state index in [9.17, 15) is 9.59 Å². The average molecular weight is 461 g/mol. The second-order valence-electron chi connectivity index (χ2n) is 8.10. The van der Waals surface area contributed by atoms with Crippen LogP contribution in [0.25, 0.3) is 0 Å². The van der Waals surface area contributed by atoms with Crippen molar-refractivity contribution < 1.29 is 23.8 Å². The first kappa shape index (κ1) is 23.2. The van der Waals surface area contributed by atoms with Crippen LogP contribution in [0.4, 0.5) is 5.69 Å². The Kier molecular flexibility index (Phi) is 7.01. The first-order valence-corrected chi connectivity index (χ1v) is 11.1. The van der Waals surface area contributed by atoms with Gasteiger partial charge in [-0.2, -0.15) is 0 Å². The van der Waals surface area contributed by atoms with Gasteiger partial charge in [0.1, 0.15) is 5.75 Å². The molecule has 4 rings (SSSR count). The van der Waals surface area contributed by atoms with Gasteiger partial charge in [0.15, 0.2) is 17.6 Å². The Hall–Kier alpha value is -4.00. The lowest BCUT2D eigenvalue weighted by atomic mass is 10.1. The number of hydrogen-bond donors (Lipinski definition) is 1. The third-order valence-electron chi connectivity index (χ3n) is 5.80. The zero-order chi connectivity index (χ0) is 24.1. The van der Waals surface area contributed by atoms with Gasteiger partial charge in [-0.05, 0) is 55.3 Å². The van der Waals surface area contributed by atoms with Crippen LogP contribution in [0, 0.1) is 0 Å². The molecule has 0 saturated heterocycles. The van der Waals surface area contributed by atoms with Crippen molar-refractivity contribution in [2.45, 2.75) is 26.0 Å². The van der Waals surface area contributed by atoms with Crippen LogP contribution in [0.3, 0.4) is 0 Å². The summed E-state index contributed by atoms with van der Waals surface area (Å²) >= 11 is 0. The molecule has 1 atom stereocenters. The van der Waals surface area contributed by atoms with Crippen LogP contribution in [0.1, 0.15) is 28.4 Å². The highest BCUT2D eigenvalue weighted by Crippen LogP contribution is 2.30. The molecule has 0 unspecified atom stereocenters. The Morgan fingerprint density at radius 2 is 1.79 bits per heavy atom. The minimum atomic E-state index is -0.579. The van der Waals surface area contributed by atoms with Gasteiger partial charge in [-0.3, -0.25) is 9.59 Å². The lowest BCUT2D eigenvalue weighted by molar-refractivity contribution is -0.137. The second kappa shape index (κ2) is 10.3. The number of amides is 2. The molecule has 3 aromatic rings. The van der Waals surface area contributed by atoms with E-state index < -0.39 is 6.10 Å². The van der Waals surface area contributed by atoms with Gasteiger partial charge in [-0.25, -0.2) is 0 Å². The third kappa shape index (κ3) is 5.14. The number of fused-ring (bicyclic) bond motifs is 1. The van der Waals surface area contributed by atoms with Crippen molar-refractivity contribution in [1.82, 2.24) is 4.90 Å². The van der Waals surface area contributed by atoms with Crippen LogP contribution in [-0.2, 0) is 17.8 Å². The van der Waals surface area contributed by atoms with E-state index in [1.165, 1.54) is 12.7 Å². The summed E-state index contributed by atoms with van der Waals surface area (Å²) in [5.74, 6) is 1.35. The molecule has 0 aromatic heterocycles. The number of anilines is 1. The van der Waals surface area contributed by atoms with Gasteiger partial charge in [-0.1, -0.05) is 30.3 Å². The van der Waals surface area contributed by atoms with Crippen LogP contribution in [0.5, 0.6) is 17.2 Å². The van der Waals surface area contributed by atoms with Gasteiger partial charge in [-0.15, -0.1) is 0 Å². The average Bonchev–Trinajstić information content (AvgIpc) is 2.98. The Labute approximate surface area is 199 Å². The van der Waals surface area contributed by atoms with E-state index in [1.807, 2.05) is 29.2 Å². The minimum absolute atomic E-state index is 0.0527.